The fourth-order valence-electron chi connectivity index (χ4n) is 2.20. The Morgan fingerprint density at radius 3 is 2.78 bits per heavy atom. The molecule has 0 bridgehead atoms. The van der Waals surface area contributed by atoms with E-state index in [1.54, 1.807) is 13.2 Å². The molecule has 0 radical (unpaired) electrons. The SMILES string of the molecule is COc1ccc(CCCN2CCOCC2)c(O)c1. The van der Waals surface area contributed by atoms with Crippen molar-refractivity contribution in [3.63, 3.8) is 0 Å². The summed E-state index contributed by atoms with van der Waals surface area (Å²) in [7, 11) is 1.60. The number of ether oxygens (including phenoxy) is 2. The van der Waals surface area contributed by atoms with E-state index in [1.807, 2.05) is 12.1 Å². The second-order valence-corrected chi connectivity index (χ2v) is 4.55. The van der Waals surface area contributed by atoms with Gasteiger partial charge in [0, 0.05) is 19.2 Å². The van der Waals surface area contributed by atoms with Gasteiger partial charge < -0.3 is 14.6 Å². The van der Waals surface area contributed by atoms with Crippen LogP contribution in [0.5, 0.6) is 11.5 Å². The van der Waals surface area contributed by atoms with Crippen LogP contribution in [0.1, 0.15) is 12.0 Å². The average Bonchev–Trinajstić information content (AvgIpc) is 2.42. The lowest BCUT2D eigenvalue weighted by Crippen LogP contribution is -2.36. The number of aryl methyl sites for hydroxylation is 1. The Bertz CT molecular complexity index is 375. The molecule has 1 aromatic rings. The van der Waals surface area contributed by atoms with Gasteiger partial charge in [-0.2, -0.15) is 0 Å². The zero-order valence-corrected chi connectivity index (χ0v) is 10.9. The largest absolute Gasteiger partial charge is 0.508 e. The van der Waals surface area contributed by atoms with Gasteiger partial charge in [0.05, 0.1) is 20.3 Å². The number of phenolic OH excluding ortho intramolecular Hbond substituents is 1. The van der Waals surface area contributed by atoms with E-state index in [2.05, 4.69) is 4.90 Å². The summed E-state index contributed by atoms with van der Waals surface area (Å²) in [6.07, 6.45) is 1.95. The molecule has 0 amide bonds. The number of rotatable bonds is 5. The molecule has 0 atom stereocenters. The predicted molar refractivity (Wildman–Crippen MR) is 70.2 cm³/mol. The molecular weight excluding hydrogens is 230 g/mol. The number of methoxy groups -OCH3 is 1. The molecular formula is C14H21NO3. The van der Waals surface area contributed by atoms with Crippen LogP contribution >= 0.6 is 0 Å². The number of hydrogen-bond acceptors (Lipinski definition) is 4. The quantitative estimate of drug-likeness (QED) is 0.864. The highest BCUT2D eigenvalue weighted by Gasteiger charge is 2.10. The lowest BCUT2D eigenvalue weighted by Gasteiger charge is -2.26. The van der Waals surface area contributed by atoms with Gasteiger partial charge in [-0.25, -0.2) is 0 Å². The van der Waals surface area contributed by atoms with E-state index in [9.17, 15) is 5.11 Å². The van der Waals surface area contributed by atoms with E-state index in [4.69, 9.17) is 9.47 Å². The fraction of sp³-hybridized carbons (Fsp3) is 0.571. The Hall–Kier alpha value is -1.26. The minimum atomic E-state index is 0.330. The molecule has 100 valence electrons. The molecule has 2 rings (SSSR count). The first-order valence-corrected chi connectivity index (χ1v) is 6.45. The third kappa shape index (κ3) is 3.62. The molecule has 0 spiro atoms. The normalized spacial score (nSPS) is 16.7. The minimum absolute atomic E-state index is 0.330. The van der Waals surface area contributed by atoms with Gasteiger partial charge in [-0.15, -0.1) is 0 Å². The van der Waals surface area contributed by atoms with Gasteiger partial charge >= 0.3 is 0 Å². The lowest BCUT2D eigenvalue weighted by atomic mass is 10.1. The van der Waals surface area contributed by atoms with E-state index in [1.165, 1.54) is 0 Å². The molecule has 1 heterocycles. The van der Waals surface area contributed by atoms with Gasteiger partial charge in [-0.1, -0.05) is 6.07 Å². The van der Waals surface area contributed by atoms with Crippen LogP contribution in [-0.2, 0) is 11.2 Å². The zero-order chi connectivity index (χ0) is 12.8. The summed E-state index contributed by atoms with van der Waals surface area (Å²) in [5, 5.41) is 9.85. The van der Waals surface area contributed by atoms with Gasteiger partial charge in [0.15, 0.2) is 0 Å². The second-order valence-electron chi connectivity index (χ2n) is 4.55. The Morgan fingerprint density at radius 2 is 2.11 bits per heavy atom. The summed E-state index contributed by atoms with van der Waals surface area (Å²) in [5.41, 5.74) is 0.990. The molecule has 0 unspecified atom stereocenters. The molecule has 0 saturated carbocycles. The van der Waals surface area contributed by atoms with Crippen LogP contribution in [0.4, 0.5) is 0 Å². The molecule has 1 saturated heterocycles. The molecule has 1 aliphatic heterocycles. The summed E-state index contributed by atoms with van der Waals surface area (Å²) >= 11 is 0. The van der Waals surface area contributed by atoms with Gasteiger partial charge in [0.1, 0.15) is 11.5 Å². The van der Waals surface area contributed by atoms with Crippen LogP contribution in [0.25, 0.3) is 0 Å². The number of aromatic hydroxyl groups is 1. The topological polar surface area (TPSA) is 41.9 Å². The van der Waals surface area contributed by atoms with Crippen molar-refractivity contribution in [2.24, 2.45) is 0 Å². The van der Waals surface area contributed by atoms with Crippen LogP contribution in [0.2, 0.25) is 0 Å². The number of nitrogens with zero attached hydrogens (tertiary/aromatic N) is 1. The molecule has 0 aromatic heterocycles. The van der Waals surface area contributed by atoms with Crippen molar-refractivity contribution in [2.75, 3.05) is 40.0 Å². The van der Waals surface area contributed by atoms with Crippen LogP contribution in [-0.4, -0.2) is 50.0 Å². The summed E-state index contributed by atoms with van der Waals surface area (Å²) < 4.78 is 10.4. The lowest BCUT2D eigenvalue weighted by molar-refractivity contribution is 0.0374. The summed E-state index contributed by atoms with van der Waals surface area (Å²) in [6, 6.07) is 5.50. The molecule has 1 aliphatic rings. The zero-order valence-electron chi connectivity index (χ0n) is 10.9. The number of hydrogen-bond donors (Lipinski definition) is 1. The van der Waals surface area contributed by atoms with E-state index in [0.717, 1.165) is 51.3 Å². The predicted octanol–water partition coefficient (Wildman–Crippen LogP) is 1.67. The molecule has 1 N–H and O–H groups in total. The average molecular weight is 251 g/mol. The van der Waals surface area contributed by atoms with Crippen LogP contribution in [0.15, 0.2) is 18.2 Å². The van der Waals surface area contributed by atoms with Crippen molar-refractivity contribution in [1.29, 1.82) is 0 Å². The van der Waals surface area contributed by atoms with Crippen molar-refractivity contribution in [2.45, 2.75) is 12.8 Å². The summed E-state index contributed by atoms with van der Waals surface area (Å²) in [6.45, 7) is 4.79. The van der Waals surface area contributed by atoms with Crippen LogP contribution in [0.3, 0.4) is 0 Å². The van der Waals surface area contributed by atoms with Gasteiger partial charge in [0.2, 0.25) is 0 Å². The van der Waals surface area contributed by atoms with E-state index in [-0.39, 0.29) is 0 Å². The first-order valence-electron chi connectivity index (χ1n) is 6.45. The van der Waals surface area contributed by atoms with Crippen molar-refractivity contribution < 1.29 is 14.6 Å². The Kier molecular flexibility index (Phi) is 4.84. The Balaban J connectivity index is 1.79. The monoisotopic (exact) mass is 251 g/mol. The van der Waals surface area contributed by atoms with Gasteiger partial charge in [0.25, 0.3) is 0 Å². The highest BCUT2D eigenvalue weighted by atomic mass is 16.5. The van der Waals surface area contributed by atoms with Crippen molar-refractivity contribution in [3.05, 3.63) is 23.8 Å². The van der Waals surface area contributed by atoms with E-state index in [0.29, 0.717) is 11.5 Å². The Morgan fingerprint density at radius 1 is 1.33 bits per heavy atom. The summed E-state index contributed by atoms with van der Waals surface area (Å²) in [4.78, 5) is 2.41. The van der Waals surface area contributed by atoms with Crippen LogP contribution < -0.4 is 4.74 Å². The third-order valence-corrected chi connectivity index (χ3v) is 3.32. The maximum atomic E-state index is 9.85. The third-order valence-electron chi connectivity index (χ3n) is 3.32. The molecule has 1 fully saturated rings. The van der Waals surface area contributed by atoms with E-state index < -0.39 is 0 Å². The molecule has 4 nitrogen and oxygen atoms in total. The smallest absolute Gasteiger partial charge is 0.122 e. The highest BCUT2D eigenvalue weighted by molar-refractivity contribution is 5.39. The molecule has 1 aromatic carbocycles. The molecule has 18 heavy (non-hydrogen) atoms. The fourth-order valence-corrected chi connectivity index (χ4v) is 2.20. The van der Waals surface area contributed by atoms with Crippen LogP contribution in [0, 0.1) is 0 Å². The minimum Gasteiger partial charge on any atom is -0.508 e. The molecule has 4 heteroatoms. The molecule has 0 aliphatic carbocycles. The number of phenols is 1. The maximum absolute atomic E-state index is 9.85. The van der Waals surface area contributed by atoms with Crippen molar-refractivity contribution in [3.8, 4) is 11.5 Å². The van der Waals surface area contributed by atoms with Gasteiger partial charge in [-0.3, -0.25) is 4.90 Å². The Labute approximate surface area is 108 Å². The van der Waals surface area contributed by atoms with E-state index >= 15 is 0 Å². The standard InChI is InChI=1S/C14H21NO3/c1-17-13-5-4-12(14(16)11-13)3-2-6-15-7-9-18-10-8-15/h4-5,11,16H,2-3,6-10H2,1H3. The highest BCUT2D eigenvalue weighted by Crippen LogP contribution is 2.24. The first kappa shape index (κ1) is 13.2. The summed E-state index contributed by atoms with van der Waals surface area (Å²) in [5.74, 6) is 1.03. The maximum Gasteiger partial charge on any atom is 0.122 e. The number of morpholine rings is 1. The number of benzene rings is 1. The van der Waals surface area contributed by atoms with Gasteiger partial charge in [-0.05, 0) is 31.0 Å². The first-order chi connectivity index (χ1) is 8.79. The van der Waals surface area contributed by atoms with Crippen molar-refractivity contribution >= 4 is 0 Å². The second kappa shape index (κ2) is 6.61. The van der Waals surface area contributed by atoms with Crippen molar-refractivity contribution in [1.82, 2.24) is 4.90 Å².